The van der Waals surface area contributed by atoms with Gasteiger partial charge in [-0.3, -0.25) is 0 Å². The van der Waals surface area contributed by atoms with Crippen LogP contribution in [0, 0.1) is 24.4 Å². The highest BCUT2D eigenvalue weighted by molar-refractivity contribution is 5.70. The maximum Gasteiger partial charge on any atom is 0.131 e. The van der Waals surface area contributed by atoms with Crippen LogP contribution >= 0.6 is 0 Å². The van der Waals surface area contributed by atoms with E-state index in [1.54, 1.807) is 6.92 Å². The third kappa shape index (κ3) is 2.11. The van der Waals surface area contributed by atoms with Gasteiger partial charge in [-0.2, -0.15) is 0 Å². The Balaban J connectivity index is 2.68. The Bertz CT molecular complexity index is 579. The molecule has 0 saturated heterocycles. The monoisotopic (exact) mass is 237 g/mol. The zero-order chi connectivity index (χ0) is 12.6. The van der Waals surface area contributed by atoms with Gasteiger partial charge in [0.05, 0.1) is 0 Å². The van der Waals surface area contributed by atoms with Crippen LogP contribution in [0.15, 0.2) is 30.3 Å². The van der Waals surface area contributed by atoms with E-state index in [4.69, 9.17) is 5.73 Å². The molecule has 0 spiro atoms. The largest absolute Gasteiger partial charge is 0.398 e. The van der Waals surface area contributed by atoms with Crippen LogP contribution in [0.25, 0.3) is 11.1 Å². The molecule has 0 atom stereocenters. The standard InChI is InChI=1S/C13H10F3N/c1-7-4-12(16)10(6-13(7)17)9-5-8(14)2-3-11(9)15/h2-6H,17H2,1H3. The van der Waals surface area contributed by atoms with Crippen molar-refractivity contribution < 1.29 is 13.2 Å². The summed E-state index contributed by atoms with van der Waals surface area (Å²) < 4.78 is 40.2. The minimum Gasteiger partial charge on any atom is -0.398 e. The maximum atomic E-state index is 13.7. The van der Waals surface area contributed by atoms with Crippen molar-refractivity contribution >= 4 is 5.69 Å². The molecule has 0 saturated carbocycles. The van der Waals surface area contributed by atoms with Crippen LogP contribution in [0.4, 0.5) is 18.9 Å². The van der Waals surface area contributed by atoms with E-state index in [2.05, 4.69) is 0 Å². The molecule has 0 aliphatic rings. The molecule has 0 amide bonds. The summed E-state index contributed by atoms with van der Waals surface area (Å²) in [7, 11) is 0. The molecule has 88 valence electrons. The Kier molecular flexibility index (Phi) is 2.79. The number of nitrogen functional groups attached to an aromatic ring is 1. The molecule has 2 aromatic carbocycles. The van der Waals surface area contributed by atoms with E-state index in [0.29, 0.717) is 11.3 Å². The van der Waals surface area contributed by atoms with Crippen LogP contribution in [-0.4, -0.2) is 0 Å². The smallest absolute Gasteiger partial charge is 0.131 e. The number of halogens is 3. The summed E-state index contributed by atoms with van der Waals surface area (Å²) in [5, 5.41) is 0. The van der Waals surface area contributed by atoms with Crippen LogP contribution in [-0.2, 0) is 0 Å². The van der Waals surface area contributed by atoms with Crippen molar-refractivity contribution in [1.29, 1.82) is 0 Å². The van der Waals surface area contributed by atoms with Crippen molar-refractivity contribution in [3.8, 4) is 11.1 Å². The van der Waals surface area contributed by atoms with E-state index in [0.717, 1.165) is 18.2 Å². The first kappa shape index (κ1) is 11.5. The summed E-state index contributed by atoms with van der Waals surface area (Å²) in [6.45, 7) is 1.64. The molecule has 0 heterocycles. The van der Waals surface area contributed by atoms with Gasteiger partial charge in [-0.15, -0.1) is 0 Å². The van der Waals surface area contributed by atoms with Crippen LogP contribution in [0.1, 0.15) is 5.56 Å². The summed E-state index contributed by atoms with van der Waals surface area (Å²) in [6, 6.07) is 5.40. The van der Waals surface area contributed by atoms with Crippen molar-refractivity contribution in [2.24, 2.45) is 0 Å². The van der Waals surface area contributed by atoms with Crippen LogP contribution < -0.4 is 5.73 Å². The summed E-state index contributed by atoms with van der Waals surface area (Å²) in [4.78, 5) is 0. The molecule has 2 aromatic rings. The van der Waals surface area contributed by atoms with Gasteiger partial charge in [-0.1, -0.05) is 0 Å². The van der Waals surface area contributed by atoms with Crippen molar-refractivity contribution in [3.05, 3.63) is 53.3 Å². The summed E-state index contributed by atoms with van der Waals surface area (Å²) in [5.41, 5.74) is 6.36. The van der Waals surface area contributed by atoms with Gasteiger partial charge in [-0.25, -0.2) is 13.2 Å². The van der Waals surface area contributed by atoms with E-state index < -0.39 is 17.5 Å². The van der Waals surface area contributed by atoms with E-state index >= 15 is 0 Å². The predicted octanol–water partition coefficient (Wildman–Crippen LogP) is 3.66. The molecule has 0 aliphatic carbocycles. The number of hydrogen-bond donors (Lipinski definition) is 1. The third-order valence-electron chi connectivity index (χ3n) is 2.57. The normalized spacial score (nSPS) is 10.6. The van der Waals surface area contributed by atoms with Gasteiger partial charge in [0.2, 0.25) is 0 Å². The highest BCUT2D eigenvalue weighted by Crippen LogP contribution is 2.29. The molecule has 2 rings (SSSR count). The fraction of sp³-hybridized carbons (Fsp3) is 0.0769. The van der Waals surface area contributed by atoms with Gasteiger partial charge in [-0.05, 0) is 42.8 Å². The molecule has 0 aromatic heterocycles. The second kappa shape index (κ2) is 4.13. The third-order valence-corrected chi connectivity index (χ3v) is 2.57. The van der Waals surface area contributed by atoms with Gasteiger partial charge >= 0.3 is 0 Å². The van der Waals surface area contributed by atoms with Crippen molar-refractivity contribution in [1.82, 2.24) is 0 Å². The Morgan fingerprint density at radius 1 is 0.882 bits per heavy atom. The first-order valence-corrected chi connectivity index (χ1v) is 5.00. The first-order chi connectivity index (χ1) is 7.99. The topological polar surface area (TPSA) is 26.0 Å². The summed E-state index contributed by atoms with van der Waals surface area (Å²) in [6.07, 6.45) is 0. The molecular weight excluding hydrogens is 227 g/mol. The number of rotatable bonds is 1. The van der Waals surface area contributed by atoms with Crippen LogP contribution in [0.5, 0.6) is 0 Å². The summed E-state index contributed by atoms with van der Waals surface area (Å²) in [5.74, 6) is -1.94. The number of nitrogens with two attached hydrogens (primary N) is 1. The van der Waals surface area contributed by atoms with Gasteiger partial charge in [0.1, 0.15) is 17.5 Å². The lowest BCUT2D eigenvalue weighted by Crippen LogP contribution is -1.95. The average Bonchev–Trinajstić information content (AvgIpc) is 2.27. The van der Waals surface area contributed by atoms with Gasteiger partial charge in [0.25, 0.3) is 0 Å². The number of aryl methyl sites for hydroxylation is 1. The molecule has 17 heavy (non-hydrogen) atoms. The molecule has 0 fully saturated rings. The Morgan fingerprint density at radius 3 is 2.24 bits per heavy atom. The van der Waals surface area contributed by atoms with E-state index in [9.17, 15) is 13.2 Å². The van der Waals surface area contributed by atoms with Gasteiger partial charge < -0.3 is 5.73 Å². The van der Waals surface area contributed by atoms with Crippen molar-refractivity contribution in [2.45, 2.75) is 6.92 Å². The first-order valence-electron chi connectivity index (χ1n) is 5.00. The van der Waals surface area contributed by atoms with Gasteiger partial charge in [0.15, 0.2) is 0 Å². The molecule has 1 nitrogen and oxygen atoms in total. The van der Waals surface area contributed by atoms with E-state index in [1.165, 1.54) is 12.1 Å². The fourth-order valence-electron chi connectivity index (χ4n) is 1.60. The molecule has 0 unspecified atom stereocenters. The molecule has 0 aliphatic heterocycles. The highest BCUT2D eigenvalue weighted by atomic mass is 19.1. The average molecular weight is 237 g/mol. The lowest BCUT2D eigenvalue weighted by atomic mass is 10.0. The van der Waals surface area contributed by atoms with Crippen LogP contribution in [0.3, 0.4) is 0 Å². The Morgan fingerprint density at radius 2 is 1.53 bits per heavy atom. The predicted molar refractivity (Wildman–Crippen MR) is 60.9 cm³/mol. The van der Waals surface area contributed by atoms with E-state index in [-0.39, 0.29) is 11.1 Å². The van der Waals surface area contributed by atoms with E-state index in [1.807, 2.05) is 0 Å². The lowest BCUT2D eigenvalue weighted by Gasteiger charge is -2.08. The minimum atomic E-state index is -0.687. The molecule has 0 bridgehead atoms. The number of benzene rings is 2. The second-order valence-electron chi connectivity index (χ2n) is 3.81. The van der Waals surface area contributed by atoms with Crippen molar-refractivity contribution in [3.63, 3.8) is 0 Å². The zero-order valence-electron chi connectivity index (χ0n) is 9.10. The molecule has 4 heteroatoms. The second-order valence-corrected chi connectivity index (χ2v) is 3.81. The molecule has 0 radical (unpaired) electrons. The zero-order valence-corrected chi connectivity index (χ0v) is 9.10. The SMILES string of the molecule is Cc1cc(F)c(-c2cc(F)ccc2F)cc1N. The van der Waals surface area contributed by atoms with Gasteiger partial charge in [0, 0.05) is 16.8 Å². The minimum absolute atomic E-state index is 0.0369. The highest BCUT2D eigenvalue weighted by Gasteiger charge is 2.12. The number of anilines is 1. The Hall–Kier alpha value is -1.97. The summed E-state index contributed by atoms with van der Waals surface area (Å²) >= 11 is 0. The lowest BCUT2D eigenvalue weighted by molar-refractivity contribution is 0.598. The van der Waals surface area contributed by atoms with Crippen molar-refractivity contribution in [2.75, 3.05) is 5.73 Å². The quantitative estimate of drug-likeness (QED) is 0.752. The molecule has 2 N–H and O–H groups in total. The molecular formula is C13H10F3N. The number of hydrogen-bond acceptors (Lipinski definition) is 1. The van der Waals surface area contributed by atoms with Crippen LogP contribution in [0.2, 0.25) is 0 Å². The fourth-order valence-corrected chi connectivity index (χ4v) is 1.60. The Labute approximate surface area is 96.7 Å². The maximum absolute atomic E-state index is 13.7.